The second-order valence-electron chi connectivity index (χ2n) is 5.03. The Hall–Kier alpha value is -3.35. The Morgan fingerprint density at radius 2 is 1.60 bits per heavy atom. The average Bonchev–Trinajstić information content (AvgIpc) is 2.62. The molecule has 2 aromatic carbocycles. The molecule has 2 rings (SSSR count). The Labute approximate surface area is 144 Å². The van der Waals surface area contributed by atoms with Crippen LogP contribution in [0, 0.1) is 0 Å². The zero-order valence-corrected chi connectivity index (χ0v) is 13.8. The van der Waals surface area contributed by atoms with Crippen LogP contribution in [-0.2, 0) is 9.53 Å². The number of para-hydroxylation sites is 2. The molecule has 130 valence electrons. The topological polar surface area (TPSA) is 93.7 Å². The molecular formula is C18H18N2O5. The highest BCUT2D eigenvalue weighted by Gasteiger charge is 2.22. The smallest absolute Gasteiger partial charge is 0.342 e. The third-order valence-corrected chi connectivity index (χ3v) is 3.19. The molecule has 1 atom stereocenters. The van der Waals surface area contributed by atoms with Gasteiger partial charge in [-0.1, -0.05) is 30.3 Å². The molecule has 0 aliphatic carbocycles. The molecule has 0 saturated carbocycles. The summed E-state index contributed by atoms with van der Waals surface area (Å²) in [5.41, 5.74) is 0.172. The second kappa shape index (κ2) is 8.49. The third kappa shape index (κ3) is 5.07. The first kappa shape index (κ1) is 18.0. The lowest BCUT2D eigenvalue weighted by molar-refractivity contribution is -0.127. The zero-order chi connectivity index (χ0) is 18.2. The summed E-state index contributed by atoms with van der Waals surface area (Å²) in [5.74, 6) is -0.592. The summed E-state index contributed by atoms with van der Waals surface area (Å²) in [6.07, 6.45) is -1.14. The number of esters is 1. The van der Waals surface area contributed by atoms with E-state index in [4.69, 9.17) is 9.47 Å². The van der Waals surface area contributed by atoms with E-state index in [-0.39, 0.29) is 5.56 Å². The molecule has 0 aliphatic heterocycles. The Balaban J connectivity index is 2.09. The first-order valence-corrected chi connectivity index (χ1v) is 7.56. The van der Waals surface area contributed by atoms with Gasteiger partial charge < -0.3 is 14.8 Å². The van der Waals surface area contributed by atoms with Crippen LogP contribution in [0.5, 0.6) is 11.5 Å². The first-order chi connectivity index (χ1) is 12.0. The van der Waals surface area contributed by atoms with Crippen LogP contribution in [0.4, 0.5) is 4.79 Å². The summed E-state index contributed by atoms with van der Waals surface area (Å²) in [6.45, 7) is 1.37. The van der Waals surface area contributed by atoms with Gasteiger partial charge in [0, 0.05) is 7.05 Å². The highest BCUT2D eigenvalue weighted by molar-refractivity contribution is 5.99. The molecule has 0 fully saturated rings. The number of amides is 3. The van der Waals surface area contributed by atoms with E-state index in [0.717, 1.165) is 0 Å². The number of carbonyl (C=O) groups is 3. The van der Waals surface area contributed by atoms with Gasteiger partial charge in [0.25, 0.3) is 5.91 Å². The Kier molecular flexibility index (Phi) is 6.11. The van der Waals surface area contributed by atoms with Gasteiger partial charge in [0.15, 0.2) is 6.10 Å². The van der Waals surface area contributed by atoms with Crippen molar-refractivity contribution < 1.29 is 23.9 Å². The van der Waals surface area contributed by atoms with Crippen molar-refractivity contribution in [2.75, 3.05) is 7.05 Å². The van der Waals surface area contributed by atoms with Gasteiger partial charge in [-0.15, -0.1) is 0 Å². The van der Waals surface area contributed by atoms with E-state index in [2.05, 4.69) is 5.32 Å². The molecule has 0 aromatic heterocycles. The van der Waals surface area contributed by atoms with Crippen molar-refractivity contribution in [1.82, 2.24) is 10.6 Å². The van der Waals surface area contributed by atoms with E-state index in [1.165, 1.54) is 20.0 Å². The lowest BCUT2D eigenvalue weighted by Crippen LogP contribution is -2.43. The molecule has 0 unspecified atom stereocenters. The van der Waals surface area contributed by atoms with E-state index >= 15 is 0 Å². The molecule has 0 radical (unpaired) electrons. The van der Waals surface area contributed by atoms with Crippen LogP contribution in [0.1, 0.15) is 17.3 Å². The molecule has 2 aromatic rings. The summed E-state index contributed by atoms with van der Waals surface area (Å²) in [7, 11) is 1.37. The number of carbonyl (C=O) groups excluding carboxylic acids is 3. The highest BCUT2D eigenvalue weighted by atomic mass is 16.5. The minimum atomic E-state index is -1.14. The van der Waals surface area contributed by atoms with Gasteiger partial charge in [-0.05, 0) is 31.2 Å². The molecule has 0 aliphatic rings. The van der Waals surface area contributed by atoms with Gasteiger partial charge in [0.1, 0.15) is 17.1 Å². The van der Waals surface area contributed by atoms with Gasteiger partial charge in [-0.3, -0.25) is 10.1 Å². The maximum Gasteiger partial charge on any atom is 0.342 e. The standard InChI is InChI=1S/C18H18N2O5/c1-12(16(21)20-18(23)19-2)24-17(22)14-10-6-7-11-15(14)25-13-8-4-3-5-9-13/h3-12H,1-2H3,(H2,19,20,21,23)/t12-/m0/s1. The fraction of sp³-hybridized carbons (Fsp3) is 0.167. The van der Waals surface area contributed by atoms with E-state index in [1.807, 2.05) is 11.4 Å². The number of hydrogen-bond acceptors (Lipinski definition) is 5. The van der Waals surface area contributed by atoms with Crippen LogP contribution >= 0.6 is 0 Å². The minimum absolute atomic E-state index is 0.172. The molecule has 25 heavy (non-hydrogen) atoms. The number of rotatable bonds is 5. The number of ether oxygens (including phenoxy) is 2. The summed E-state index contributed by atoms with van der Waals surface area (Å²) in [6, 6.07) is 14.8. The number of imide groups is 1. The van der Waals surface area contributed by atoms with Gasteiger partial charge in [-0.25, -0.2) is 9.59 Å². The Bertz CT molecular complexity index is 761. The van der Waals surface area contributed by atoms with E-state index in [0.29, 0.717) is 11.5 Å². The van der Waals surface area contributed by atoms with Crippen molar-refractivity contribution in [3.05, 3.63) is 60.2 Å². The van der Waals surface area contributed by atoms with Crippen molar-refractivity contribution in [2.45, 2.75) is 13.0 Å². The fourth-order valence-electron chi connectivity index (χ4n) is 1.89. The molecular weight excluding hydrogens is 324 g/mol. The Morgan fingerprint density at radius 1 is 0.960 bits per heavy atom. The molecule has 3 amide bonds. The lowest BCUT2D eigenvalue weighted by atomic mass is 10.2. The zero-order valence-electron chi connectivity index (χ0n) is 13.8. The molecule has 0 spiro atoms. The molecule has 0 bridgehead atoms. The summed E-state index contributed by atoms with van der Waals surface area (Å²) in [4.78, 5) is 35.3. The van der Waals surface area contributed by atoms with Crippen molar-refractivity contribution in [3.8, 4) is 11.5 Å². The monoisotopic (exact) mass is 342 g/mol. The maximum absolute atomic E-state index is 12.3. The van der Waals surface area contributed by atoms with Gasteiger partial charge >= 0.3 is 12.0 Å². The fourth-order valence-corrected chi connectivity index (χ4v) is 1.89. The second-order valence-corrected chi connectivity index (χ2v) is 5.03. The van der Waals surface area contributed by atoms with Crippen LogP contribution in [0.15, 0.2) is 54.6 Å². The van der Waals surface area contributed by atoms with Gasteiger partial charge in [-0.2, -0.15) is 0 Å². The first-order valence-electron chi connectivity index (χ1n) is 7.56. The summed E-state index contributed by atoms with van der Waals surface area (Å²) >= 11 is 0. The molecule has 7 heteroatoms. The van der Waals surface area contributed by atoms with Crippen molar-refractivity contribution in [3.63, 3.8) is 0 Å². The van der Waals surface area contributed by atoms with Crippen LogP contribution in [-0.4, -0.2) is 31.1 Å². The van der Waals surface area contributed by atoms with Crippen molar-refractivity contribution >= 4 is 17.9 Å². The van der Waals surface area contributed by atoms with Crippen molar-refractivity contribution in [2.24, 2.45) is 0 Å². The summed E-state index contributed by atoms with van der Waals surface area (Å²) in [5, 5.41) is 4.28. The van der Waals surface area contributed by atoms with Crippen LogP contribution in [0.3, 0.4) is 0 Å². The van der Waals surface area contributed by atoms with E-state index in [1.54, 1.807) is 42.5 Å². The number of nitrogens with one attached hydrogen (secondary N) is 2. The normalized spacial score (nSPS) is 11.1. The van der Waals surface area contributed by atoms with E-state index in [9.17, 15) is 14.4 Å². The average molecular weight is 342 g/mol. The Morgan fingerprint density at radius 3 is 2.28 bits per heavy atom. The number of urea groups is 1. The quantitative estimate of drug-likeness (QED) is 0.814. The van der Waals surface area contributed by atoms with Crippen LogP contribution in [0.25, 0.3) is 0 Å². The van der Waals surface area contributed by atoms with Gasteiger partial charge in [0.2, 0.25) is 0 Å². The number of benzene rings is 2. The SMILES string of the molecule is CNC(=O)NC(=O)[C@H](C)OC(=O)c1ccccc1Oc1ccccc1. The van der Waals surface area contributed by atoms with Crippen LogP contribution < -0.4 is 15.4 Å². The number of hydrogen-bond donors (Lipinski definition) is 2. The van der Waals surface area contributed by atoms with Crippen LogP contribution in [0.2, 0.25) is 0 Å². The largest absolute Gasteiger partial charge is 0.456 e. The van der Waals surface area contributed by atoms with Gasteiger partial charge in [0.05, 0.1) is 0 Å². The maximum atomic E-state index is 12.3. The summed E-state index contributed by atoms with van der Waals surface area (Å²) < 4.78 is 10.8. The minimum Gasteiger partial charge on any atom is -0.456 e. The van der Waals surface area contributed by atoms with E-state index < -0.39 is 24.0 Å². The molecule has 7 nitrogen and oxygen atoms in total. The molecule has 2 N–H and O–H groups in total. The third-order valence-electron chi connectivity index (χ3n) is 3.19. The highest BCUT2D eigenvalue weighted by Crippen LogP contribution is 2.25. The van der Waals surface area contributed by atoms with Crippen molar-refractivity contribution in [1.29, 1.82) is 0 Å². The lowest BCUT2D eigenvalue weighted by Gasteiger charge is -2.14. The molecule has 0 heterocycles. The predicted molar refractivity (Wildman–Crippen MR) is 90.4 cm³/mol. The predicted octanol–water partition coefficient (Wildman–Crippen LogP) is 2.48. The molecule has 0 saturated heterocycles.